The summed E-state index contributed by atoms with van der Waals surface area (Å²) in [4.78, 5) is 23.7. The summed E-state index contributed by atoms with van der Waals surface area (Å²) in [7, 11) is 5.00. The monoisotopic (exact) mass is 497 g/mol. The van der Waals surface area contributed by atoms with E-state index in [-0.39, 0.29) is 13.0 Å². The minimum atomic E-state index is -5.07. The van der Waals surface area contributed by atoms with Crippen LogP contribution < -0.4 is 9.47 Å². The molecule has 10 heteroatoms. The number of carboxylic acids is 1. The summed E-state index contributed by atoms with van der Waals surface area (Å²) in [5.74, 6) is -11.0. The number of nitrogens with zero attached hydrogens (tertiary/aromatic N) is 1. The molecule has 0 spiro atoms. The van der Waals surface area contributed by atoms with E-state index in [9.17, 15) is 22.8 Å². The summed E-state index contributed by atoms with van der Waals surface area (Å²) < 4.78 is 58.3. The third-order valence-corrected chi connectivity index (χ3v) is 5.30. The van der Waals surface area contributed by atoms with Crippen molar-refractivity contribution in [1.82, 2.24) is 4.90 Å². The summed E-state index contributed by atoms with van der Waals surface area (Å²) in [5.41, 5.74) is 1.86. The van der Waals surface area contributed by atoms with Gasteiger partial charge in [-0.3, -0.25) is 4.79 Å². The molecule has 0 saturated carbocycles. The van der Waals surface area contributed by atoms with Crippen molar-refractivity contribution in [2.24, 2.45) is 0 Å². The van der Waals surface area contributed by atoms with Gasteiger partial charge in [0.25, 0.3) is 0 Å². The molecule has 0 aliphatic heterocycles. The Bertz CT molecular complexity index is 987. The minimum absolute atomic E-state index is 0.00812. The van der Waals surface area contributed by atoms with Crippen molar-refractivity contribution < 1.29 is 42.1 Å². The van der Waals surface area contributed by atoms with Crippen LogP contribution in [0, 0.1) is 0 Å². The predicted molar refractivity (Wildman–Crippen MR) is 123 cm³/mol. The fourth-order valence-corrected chi connectivity index (χ4v) is 3.28. The van der Waals surface area contributed by atoms with E-state index in [0.717, 1.165) is 16.9 Å². The van der Waals surface area contributed by atoms with Crippen molar-refractivity contribution in [1.29, 1.82) is 0 Å². The van der Waals surface area contributed by atoms with Gasteiger partial charge in [-0.1, -0.05) is 30.3 Å². The highest BCUT2D eigenvalue weighted by Crippen LogP contribution is 2.34. The molecule has 0 aliphatic rings. The minimum Gasteiger partial charge on any atom is -0.497 e. The normalized spacial score (nSPS) is 14.3. The lowest BCUT2D eigenvalue weighted by atomic mass is 10.0. The van der Waals surface area contributed by atoms with E-state index in [0.29, 0.717) is 25.1 Å². The largest absolute Gasteiger partial charge is 0.497 e. The highest BCUT2D eigenvalue weighted by molar-refractivity contribution is 5.83. The van der Waals surface area contributed by atoms with Crippen LogP contribution in [0.3, 0.4) is 0 Å². The third kappa shape index (κ3) is 7.69. The number of halogens is 3. The predicted octanol–water partition coefficient (Wildman–Crippen LogP) is 3.78. The Balaban J connectivity index is 2.15. The van der Waals surface area contributed by atoms with Gasteiger partial charge < -0.3 is 24.2 Å². The summed E-state index contributed by atoms with van der Waals surface area (Å²) in [6.45, 7) is -0.0850. The molecule has 7 nitrogen and oxygen atoms in total. The standard InChI is InChI=1S/C25H30F3NO6/c1-29(2)14-13-21(35-24(26,17-30)25(27,28)23(31)32)16-34-22-10-5-4-8-19(22)12-11-18-7-6-9-20(15-18)33-3/h4-10,15,17,21H,11-14,16H2,1-3H3,(H,31,32). The SMILES string of the molecule is COc1cccc(CCc2ccccc2OCC(CCN(C)C)OC(F)(C=O)C(F)(F)C(=O)O)c1. The van der Waals surface area contributed by atoms with Crippen LogP contribution >= 0.6 is 0 Å². The van der Waals surface area contributed by atoms with Crippen LogP contribution in [0.1, 0.15) is 17.5 Å². The molecule has 192 valence electrons. The molecule has 35 heavy (non-hydrogen) atoms. The number of carbonyl (C=O) groups is 2. The van der Waals surface area contributed by atoms with Crippen LogP contribution in [0.15, 0.2) is 48.5 Å². The van der Waals surface area contributed by atoms with Gasteiger partial charge in [0.15, 0.2) is 6.29 Å². The Kier molecular flexibility index (Phi) is 10.1. The van der Waals surface area contributed by atoms with E-state index in [4.69, 9.17) is 19.3 Å². The zero-order valence-electron chi connectivity index (χ0n) is 19.9. The van der Waals surface area contributed by atoms with Gasteiger partial charge in [0, 0.05) is 6.54 Å². The van der Waals surface area contributed by atoms with Gasteiger partial charge in [-0.2, -0.15) is 13.2 Å². The highest BCUT2D eigenvalue weighted by Gasteiger charge is 2.64. The van der Waals surface area contributed by atoms with Crippen molar-refractivity contribution in [3.63, 3.8) is 0 Å². The Hall–Kier alpha value is -3.11. The molecule has 0 amide bonds. The van der Waals surface area contributed by atoms with E-state index in [1.54, 1.807) is 38.2 Å². The Morgan fingerprint density at radius 3 is 2.46 bits per heavy atom. The number of aryl methyl sites for hydroxylation is 2. The second kappa shape index (κ2) is 12.6. The molecule has 2 rings (SSSR count). The van der Waals surface area contributed by atoms with Crippen LogP contribution in [-0.2, 0) is 27.2 Å². The number of alkyl halides is 3. The number of rotatable bonds is 15. The van der Waals surface area contributed by atoms with Crippen LogP contribution in [0.25, 0.3) is 0 Å². The Morgan fingerprint density at radius 1 is 1.11 bits per heavy atom. The maximum Gasteiger partial charge on any atom is 0.406 e. The van der Waals surface area contributed by atoms with E-state index in [1.807, 2.05) is 36.4 Å². The number of para-hydroxylation sites is 1. The first-order valence-corrected chi connectivity index (χ1v) is 10.9. The maximum absolute atomic E-state index is 14.7. The molecule has 0 fully saturated rings. The van der Waals surface area contributed by atoms with Crippen molar-refractivity contribution in [2.45, 2.75) is 37.1 Å². The first-order chi connectivity index (χ1) is 16.5. The van der Waals surface area contributed by atoms with Crippen LogP contribution in [-0.4, -0.2) is 74.5 Å². The molecule has 0 heterocycles. The van der Waals surface area contributed by atoms with Gasteiger partial charge in [0.1, 0.15) is 18.1 Å². The molecule has 2 aromatic carbocycles. The number of aldehydes is 1. The molecule has 0 radical (unpaired) electrons. The fraction of sp³-hybridized carbons (Fsp3) is 0.440. The maximum atomic E-state index is 14.7. The average molecular weight is 498 g/mol. The summed E-state index contributed by atoms with van der Waals surface area (Å²) in [6, 6.07) is 14.7. The van der Waals surface area contributed by atoms with Crippen LogP contribution in [0.4, 0.5) is 13.2 Å². The van der Waals surface area contributed by atoms with Crippen LogP contribution in [0.5, 0.6) is 11.5 Å². The molecule has 2 atom stereocenters. The van der Waals surface area contributed by atoms with E-state index >= 15 is 0 Å². The molecule has 0 saturated heterocycles. The Morgan fingerprint density at radius 2 is 1.83 bits per heavy atom. The highest BCUT2D eigenvalue weighted by atomic mass is 19.3. The van der Waals surface area contributed by atoms with Gasteiger partial charge in [-0.15, -0.1) is 0 Å². The van der Waals surface area contributed by atoms with Gasteiger partial charge in [0.05, 0.1) is 13.2 Å². The van der Waals surface area contributed by atoms with E-state index < -0.39 is 30.1 Å². The van der Waals surface area contributed by atoms with Crippen molar-refractivity contribution in [3.8, 4) is 11.5 Å². The lowest BCUT2D eigenvalue weighted by Crippen LogP contribution is -2.55. The first-order valence-electron chi connectivity index (χ1n) is 10.9. The van der Waals surface area contributed by atoms with E-state index in [2.05, 4.69) is 0 Å². The number of hydrogen-bond acceptors (Lipinski definition) is 6. The lowest BCUT2D eigenvalue weighted by molar-refractivity contribution is -0.272. The molecule has 2 aromatic rings. The number of aliphatic carboxylic acids is 1. The quantitative estimate of drug-likeness (QED) is 0.375. The average Bonchev–Trinajstić information content (AvgIpc) is 2.84. The number of benzene rings is 2. The zero-order valence-corrected chi connectivity index (χ0v) is 19.9. The summed E-state index contributed by atoms with van der Waals surface area (Å²) in [6.07, 6.45) is -0.892. The van der Waals surface area contributed by atoms with Crippen molar-refractivity contribution >= 4 is 12.3 Å². The van der Waals surface area contributed by atoms with Gasteiger partial charge in [-0.05, 0) is 62.7 Å². The Labute approximate surface area is 202 Å². The van der Waals surface area contributed by atoms with Gasteiger partial charge in [-0.25, -0.2) is 4.79 Å². The lowest BCUT2D eigenvalue weighted by Gasteiger charge is -2.30. The molecule has 0 aromatic heterocycles. The van der Waals surface area contributed by atoms with Gasteiger partial charge in [0.2, 0.25) is 0 Å². The van der Waals surface area contributed by atoms with Crippen molar-refractivity contribution in [3.05, 3.63) is 59.7 Å². The molecule has 2 unspecified atom stereocenters. The second-order valence-corrected chi connectivity index (χ2v) is 8.24. The number of ether oxygens (including phenoxy) is 3. The third-order valence-electron chi connectivity index (χ3n) is 5.30. The molecular formula is C25H30F3NO6. The zero-order chi connectivity index (χ0) is 26.1. The van der Waals surface area contributed by atoms with Gasteiger partial charge >= 0.3 is 17.7 Å². The number of carboxylic acid groups (broad SMARTS) is 1. The molecule has 0 bridgehead atoms. The van der Waals surface area contributed by atoms with Crippen LogP contribution in [0.2, 0.25) is 0 Å². The smallest absolute Gasteiger partial charge is 0.406 e. The first kappa shape index (κ1) is 28.1. The number of hydrogen-bond donors (Lipinski definition) is 1. The number of methoxy groups -OCH3 is 1. The number of carbonyl (C=O) groups excluding carboxylic acids is 1. The summed E-state index contributed by atoms with van der Waals surface area (Å²) in [5, 5.41) is 8.69. The molecule has 0 aliphatic carbocycles. The topological polar surface area (TPSA) is 85.3 Å². The van der Waals surface area contributed by atoms with Crippen molar-refractivity contribution in [2.75, 3.05) is 34.4 Å². The summed E-state index contributed by atoms with van der Waals surface area (Å²) >= 11 is 0. The second-order valence-electron chi connectivity index (χ2n) is 8.24. The molecular weight excluding hydrogens is 467 g/mol. The molecule has 1 N–H and O–H groups in total. The van der Waals surface area contributed by atoms with E-state index in [1.165, 1.54) is 0 Å². The fourth-order valence-electron chi connectivity index (χ4n) is 3.28.